The molecule has 0 amide bonds. The zero-order valence-corrected chi connectivity index (χ0v) is 11.2. The van der Waals surface area contributed by atoms with Crippen molar-refractivity contribution < 1.29 is 0 Å². The van der Waals surface area contributed by atoms with E-state index in [1.54, 1.807) is 5.19 Å². The van der Waals surface area contributed by atoms with Gasteiger partial charge in [0.1, 0.15) is 0 Å². The maximum Gasteiger partial charge on any atom is 0.0617 e. The summed E-state index contributed by atoms with van der Waals surface area (Å²) in [5.41, 5.74) is 0. The number of nitrogens with zero attached hydrogens (tertiary/aromatic N) is 1. The number of hydrogen-bond donors (Lipinski definition) is 0. The summed E-state index contributed by atoms with van der Waals surface area (Å²) in [4.78, 5) is 2.29. The predicted octanol–water partition coefficient (Wildman–Crippen LogP) is 1.24. The van der Waals surface area contributed by atoms with Crippen molar-refractivity contribution in [1.29, 1.82) is 0 Å². The summed E-state index contributed by atoms with van der Waals surface area (Å²) in [5, 5.41) is 2.06. The van der Waals surface area contributed by atoms with Gasteiger partial charge in [-0.1, -0.05) is 49.4 Å². The maximum atomic E-state index is 2.38. The van der Waals surface area contributed by atoms with Crippen molar-refractivity contribution in [2.24, 2.45) is 0 Å². The molecule has 0 bridgehead atoms. The fraction of sp³-hybridized carbons (Fsp3) is 0.500. The van der Waals surface area contributed by atoms with E-state index in [1.165, 1.54) is 6.54 Å². The second-order valence-electron chi connectivity index (χ2n) is 5.06. The van der Waals surface area contributed by atoms with Crippen LogP contribution in [-0.2, 0) is 0 Å². The van der Waals surface area contributed by atoms with Crippen molar-refractivity contribution in [2.75, 3.05) is 20.6 Å². The van der Waals surface area contributed by atoms with Crippen molar-refractivity contribution in [3.8, 4) is 0 Å². The summed E-state index contributed by atoms with van der Waals surface area (Å²) < 4.78 is 0. The van der Waals surface area contributed by atoms with E-state index < -0.39 is 0 Å². The third-order valence-corrected chi connectivity index (χ3v) is 4.33. The van der Waals surface area contributed by atoms with Gasteiger partial charge in [-0.25, -0.2) is 0 Å². The molecule has 0 saturated heterocycles. The molecule has 1 aromatic carbocycles. The standard InChI is InChI=1S/C12H21NSi/c1-12(2,10-13(3)4)14-11-8-6-5-7-9-11/h5-9H,10,14H2,1-4H3. The molecule has 1 nitrogen and oxygen atoms in total. The molecule has 0 fully saturated rings. The molecule has 0 radical (unpaired) electrons. The third-order valence-electron chi connectivity index (χ3n) is 2.27. The minimum absolute atomic E-state index is 0.168. The highest BCUT2D eigenvalue weighted by molar-refractivity contribution is 6.56. The van der Waals surface area contributed by atoms with Gasteiger partial charge in [0.2, 0.25) is 0 Å². The molecule has 0 aliphatic carbocycles. The Morgan fingerprint density at radius 3 is 2.21 bits per heavy atom. The van der Waals surface area contributed by atoms with E-state index in [2.05, 4.69) is 63.2 Å². The highest BCUT2D eigenvalue weighted by Gasteiger charge is 2.19. The van der Waals surface area contributed by atoms with Crippen molar-refractivity contribution in [3.63, 3.8) is 0 Å². The summed E-state index contributed by atoms with van der Waals surface area (Å²) in [6.45, 7) is 5.95. The first kappa shape index (κ1) is 11.5. The van der Waals surface area contributed by atoms with Gasteiger partial charge in [-0.05, 0) is 19.1 Å². The lowest BCUT2D eigenvalue weighted by atomic mass is 10.2. The van der Waals surface area contributed by atoms with Crippen LogP contribution in [0.5, 0.6) is 0 Å². The summed E-state index contributed by atoms with van der Waals surface area (Å²) in [6.07, 6.45) is 0. The van der Waals surface area contributed by atoms with Crippen LogP contribution in [0.3, 0.4) is 0 Å². The second-order valence-corrected chi connectivity index (χ2v) is 8.15. The Balaban J connectivity index is 2.59. The smallest absolute Gasteiger partial charge is 0.0617 e. The summed E-state index contributed by atoms with van der Waals surface area (Å²) in [7, 11) is 4.14. The molecule has 0 aliphatic heterocycles. The molecule has 0 atom stereocenters. The molecule has 0 spiro atoms. The number of benzene rings is 1. The molecule has 2 heteroatoms. The number of hydrogen-bond acceptors (Lipinski definition) is 1. The van der Waals surface area contributed by atoms with Gasteiger partial charge in [-0.15, -0.1) is 0 Å². The lowest BCUT2D eigenvalue weighted by Gasteiger charge is -2.27. The molecule has 0 aliphatic rings. The van der Waals surface area contributed by atoms with Crippen molar-refractivity contribution in [1.82, 2.24) is 4.90 Å². The number of rotatable bonds is 4. The van der Waals surface area contributed by atoms with Gasteiger partial charge < -0.3 is 4.90 Å². The van der Waals surface area contributed by atoms with Crippen LogP contribution in [0.1, 0.15) is 13.8 Å². The van der Waals surface area contributed by atoms with Crippen LogP contribution in [0.15, 0.2) is 30.3 Å². The van der Waals surface area contributed by atoms with E-state index in [4.69, 9.17) is 0 Å². The van der Waals surface area contributed by atoms with Crippen molar-refractivity contribution in [3.05, 3.63) is 30.3 Å². The quantitative estimate of drug-likeness (QED) is 0.672. The Hall–Kier alpha value is -0.603. The van der Waals surface area contributed by atoms with Gasteiger partial charge in [0, 0.05) is 6.54 Å². The minimum Gasteiger partial charge on any atom is -0.309 e. The van der Waals surface area contributed by atoms with Gasteiger partial charge in [-0.3, -0.25) is 0 Å². The van der Waals surface area contributed by atoms with E-state index in [1.807, 2.05) is 0 Å². The normalized spacial score (nSPS) is 12.9. The maximum absolute atomic E-state index is 2.38. The van der Waals surface area contributed by atoms with Crippen molar-refractivity contribution in [2.45, 2.75) is 18.9 Å². The third kappa shape index (κ3) is 4.07. The monoisotopic (exact) mass is 207 g/mol. The van der Waals surface area contributed by atoms with Gasteiger partial charge in [-0.2, -0.15) is 0 Å². The van der Waals surface area contributed by atoms with E-state index in [-0.39, 0.29) is 9.52 Å². The molecule has 0 N–H and O–H groups in total. The molecule has 0 unspecified atom stereocenters. The molecule has 14 heavy (non-hydrogen) atoms. The Kier molecular flexibility index (Phi) is 3.90. The summed E-state index contributed by atoms with van der Waals surface area (Å²) >= 11 is 0. The second kappa shape index (κ2) is 4.76. The Bertz CT molecular complexity index is 267. The van der Waals surface area contributed by atoms with E-state index in [9.17, 15) is 0 Å². The highest BCUT2D eigenvalue weighted by Crippen LogP contribution is 2.22. The Morgan fingerprint density at radius 2 is 1.71 bits per heavy atom. The molecular formula is C12H21NSi. The average molecular weight is 207 g/mol. The summed E-state index contributed by atoms with van der Waals surface area (Å²) in [6, 6.07) is 10.9. The van der Waals surface area contributed by atoms with Crippen LogP contribution in [0.25, 0.3) is 0 Å². The lowest BCUT2D eigenvalue weighted by molar-refractivity contribution is 0.362. The molecule has 1 aromatic rings. The zero-order chi connectivity index (χ0) is 10.6. The predicted molar refractivity (Wildman–Crippen MR) is 67.2 cm³/mol. The van der Waals surface area contributed by atoms with Crippen LogP contribution in [0.4, 0.5) is 0 Å². The molecule has 0 aromatic heterocycles. The fourth-order valence-electron chi connectivity index (χ4n) is 2.06. The zero-order valence-electron chi connectivity index (χ0n) is 9.75. The van der Waals surface area contributed by atoms with Crippen LogP contribution < -0.4 is 5.19 Å². The summed E-state index contributed by atoms with van der Waals surface area (Å²) in [5.74, 6) is 0. The Morgan fingerprint density at radius 1 is 1.14 bits per heavy atom. The van der Waals surface area contributed by atoms with Crippen LogP contribution in [0.2, 0.25) is 5.04 Å². The first-order valence-corrected chi connectivity index (χ1v) is 6.60. The molecule has 78 valence electrons. The van der Waals surface area contributed by atoms with Crippen LogP contribution in [-0.4, -0.2) is 35.1 Å². The molecule has 1 rings (SSSR count). The topological polar surface area (TPSA) is 3.24 Å². The van der Waals surface area contributed by atoms with Gasteiger partial charge >= 0.3 is 0 Å². The molecule has 0 heterocycles. The lowest BCUT2D eigenvalue weighted by Crippen LogP contribution is -2.33. The Labute approximate surface area is 90.0 Å². The average Bonchev–Trinajstić information content (AvgIpc) is 2.02. The van der Waals surface area contributed by atoms with E-state index >= 15 is 0 Å². The van der Waals surface area contributed by atoms with Crippen LogP contribution >= 0.6 is 0 Å². The largest absolute Gasteiger partial charge is 0.309 e. The van der Waals surface area contributed by atoms with Crippen LogP contribution in [0, 0.1) is 0 Å². The van der Waals surface area contributed by atoms with Gasteiger partial charge in [0.25, 0.3) is 0 Å². The van der Waals surface area contributed by atoms with Crippen molar-refractivity contribution >= 4 is 14.7 Å². The van der Waals surface area contributed by atoms with E-state index in [0.29, 0.717) is 5.04 Å². The first-order chi connectivity index (χ1) is 6.49. The fourth-order valence-corrected chi connectivity index (χ4v) is 4.23. The SMILES string of the molecule is CN(C)CC(C)(C)[SiH2]c1ccccc1. The molecular weight excluding hydrogens is 186 g/mol. The highest BCUT2D eigenvalue weighted by atomic mass is 28.2. The molecule has 0 saturated carbocycles. The van der Waals surface area contributed by atoms with E-state index in [0.717, 1.165) is 0 Å². The first-order valence-electron chi connectivity index (χ1n) is 5.18. The van der Waals surface area contributed by atoms with Gasteiger partial charge in [0.05, 0.1) is 9.52 Å². The van der Waals surface area contributed by atoms with Gasteiger partial charge in [0.15, 0.2) is 0 Å². The minimum atomic E-state index is -0.168.